The quantitative estimate of drug-likeness (QED) is 0.721. The summed E-state index contributed by atoms with van der Waals surface area (Å²) in [4.78, 5) is 0. The van der Waals surface area contributed by atoms with Crippen LogP contribution in [0.15, 0.2) is 28.7 Å². The average molecular weight is 227 g/mol. The molecule has 1 unspecified atom stereocenters. The van der Waals surface area contributed by atoms with Crippen LogP contribution < -0.4 is 0 Å². The molecule has 2 nitrogen and oxygen atoms in total. The molecule has 2 rings (SSSR count). The standard InChI is InChI=1S/C15H17NO/c1-10(15(2,3)4)14-8-12-7-11(9-16)5-6-13(12)17-14/h5-8,10H,1-4H3. The molecule has 0 spiro atoms. The summed E-state index contributed by atoms with van der Waals surface area (Å²) in [6.45, 7) is 8.77. The lowest BCUT2D eigenvalue weighted by Crippen LogP contribution is -2.14. The first kappa shape index (κ1) is 11.7. The van der Waals surface area contributed by atoms with Gasteiger partial charge in [0.15, 0.2) is 0 Å². The highest BCUT2D eigenvalue weighted by Crippen LogP contribution is 2.37. The zero-order valence-corrected chi connectivity index (χ0v) is 10.7. The van der Waals surface area contributed by atoms with Gasteiger partial charge in [0.2, 0.25) is 0 Å². The Morgan fingerprint density at radius 2 is 1.94 bits per heavy atom. The maximum atomic E-state index is 8.86. The highest BCUT2D eigenvalue weighted by molar-refractivity contribution is 5.79. The third-order valence-corrected chi connectivity index (χ3v) is 3.39. The Bertz CT molecular complexity index is 581. The number of hydrogen-bond acceptors (Lipinski definition) is 2. The van der Waals surface area contributed by atoms with Gasteiger partial charge in [-0.25, -0.2) is 0 Å². The first-order chi connectivity index (χ1) is 7.91. The van der Waals surface area contributed by atoms with E-state index in [1.807, 2.05) is 18.2 Å². The van der Waals surface area contributed by atoms with Crippen molar-refractivity contribution in [3.05, 3.63) is 35.6 Å². The number of benzene rings is 1. The van der Waals surface area contributed by atoms with E-state index in [1.54, 1.807) is 6.07 Å². The molecule has 0 aliphatic heterocycles. The van der Waals surface area contributed by atoms with E-state index in [0.717, 1.165) is 16.7 Å². The van der Waals surface area contributed by atoms with Crippen molar-refractivity contribution >= 4 is 11.0 Å². The fourth-order valence-corrected chi connectivity index (χ4v) is 1.77. The van der Waals surface area contributed by atoms with E-state index >= 15 is 0 Å². The average Bonchev–Trinajstić information content (AvgIpc) is 2.68. The van der Waals surface area contributed by atoms with Gasteiger partial charge in [0.1, 0.15) is 11.3 Å². The fraction of sp³-hybridized carbons (Fsp3) is 0.400. The number of fused-ring (bicyclic) bond motifs is 1. The Kier molecular flexibility index (Phi) is 2.71. The number of rotatable bonds is 1. The van der Waals surface area contributed by atoms with Crippen LogP contribution in [0.25, 0.3) is 11.0 Å². The van der Waals surface area contributed by atoms with Crippen molar-refractivity contribution in [3.8, 4) is 6.07 Å². The van der Waals surface area contributed by atoms with Gasteiger partial charge < -0.3 is 4.42 Å². The summed E-state index contributed by atoms with van der Waals surface area (Å²) < 4.78 is 5.85. The van der Waals surface area contributed by atoms with E-state index in [-0.39, 0.29) is 5.41 Å². The van der Waals surface area contributed by atoms with Crippen molar-refractivity contribution < 1.29 is 4.42 Å². The molecule has 0 amide bonds. The minimum Gasteiger partial charge on any atom is -0.461 e. The van der Waals surface area contributed by atoms with Crippen molar-refractivity contribution in [2.24, 2.45) is 5.41 Å². The van der Waals surface area contributed by atoms with Crippen LogP contribution in [0.3, 0.4) is 0 Å². The van der Waals surface area contributed by atoms with Crippen molar-refractivity contribution in [3.63, 3.8) is 0 Å². The summed E-state index contributed by atoms with van der Waals surface area (Å²) in [5.41, 5.74) is 1.70. The van der Waals surface area contributed by atoms with Crippen LogP contribution in [-0.2, 0) is 0 Å². The lowest BCUT2D eigenvalue weighted by molar-refractivity contribution is 0.302. The summed E-state index contributed by atoms with van der Waals surface area (Å²) in [5, 5.41) is 9.87. The normalized spacial score (nSPS) is 13.6. The largest absolute Gasteiger partial charge is 0.461 e. The van der Waals surface area contributed by atoms with Gasteiger partial charge in [0.05, 0.1) is 11.6 Å². The lowest BCUT2D eigenvalue weighted by atomic mass is 9.80. The lowest BCUT2D eigenvalue weighted by Gasteiger charge is -2.25. The highest BCUT2D eigenvalue weighted by Gasteiger charge is 2.24. The Balaban J connectivity index is 2.49. The molecule has 88 valence electrons. The molecule has 0 aliphatic rings. The van der Waals surface area contributed by atoms with Crippen LogP contribution in [0, 0.1) is 16.7 Å². The first-order valence-corrected chi connectivity index (χ1v) is 5.85. The second-order valence-electron chi connectivity index (χ2n) is 5.60. The number of furan rings is 1. The second-order valence-corrected chi connectivity index (χ2v) is 5.60. The van der Waals surface area contributed by atoms with Gasteiger partial charge >= 0.3 is 0 Å². The molecule has 0 N–H and O–H groups in total. The summed E-state index contributed by atoms with van der Waals surface area (Å²) >= 11 is 0. The molecule has 0 aliphatic carbocycles. The third kappa shape index (κ3) is 2.19. The van der Waals surface area contributed by atoms with E-state index in [9.17, 15) is 0 Å². The molecule has 0 bridgehead atoms. The monoisotopic (exact) mass is 227 g/mol. The molecule has 2 aromatic rings. The van der Waals surface area contributed by atoms with Crippen LogP contribution in [0.4, 0.5) is 0 Å². The molecular formula is C15H17NO. The molecule has 0 saturated heterocycles. The zero-order chi connectivity index (χ0) is 12.6. The maximum Gasteiger partial charge on any atom is 0.134 e. The van der Waals surface area contributed by atoms with Gasteiger partial charge in [-0.1, -0.05) is 27.7 Å². The van der Waals surface area contributed by atoms with E-state index < -0.39 is 0 Å². The van der Waals surface area contributed by atoms with Gasteiger partial charge in [-0.15, -0.1) is 0 Å². The number of nitrogens with zero attached hydrogens (tertiary/aromatic N) is 1. The smallest absolute Gasteiger partial charge is 0.134 e. The van der Waals surface area contributed by atoms with Gasteiger partial charge in [-0.3, -0.25) is 0 Å². The van der Waals surface area contributed by atoms with Crippen molar-refractivity contribution in [1.29, 1.82) is 5.26 Å². The molecule has 0 fully saturated rings. The minimum absolute atomic E-state index is 0.173. The van der Waals surface area contributed by atoms with E-state index in [1.165, 1.54) is 0 Å². The van der Waals surface area contributed by atoms with Crippen LogP contribution in [0.2, 0.25) is 0 Å². The summed E-state index contributed by atoms with van der Waals surface area (Å²) in [6.07, 6.45) is 0. The summed E-state index contributed by atoms with van der Waals surface area (Å²) in [7, 11) is 0. The fourth-order valence-electron chi connectivity index (χ4n) is 1.77. The molecule has 1 aromatic heterocycles. The second kappa shape index (κ2) is 3.92. The van der Waals surface area contributed by atoms with Gasteiger partial charge in [-0.05, 0) is 29.7 Å². The van der Waals surface area contributed by atoms with E-state index in [2.05, 4.69) is 33.8 Å². The molecule has 0 radical (unpaired) electrons. The predicted octanol–water partition coefficient (Wildman–Crippen LogP) is 4.45. The van der Waals surface area contributed by atoms with Gasteiger partial charge in [0, 0.05) is 11.3 Å². The number of hydrogen-bond donors (Lipinski definition) is 0. The first-order valence-electron chi connectivity index (χ1n) is 5.85. The molecule has 17 heavy (non-hydrogen) atoms. The minimum atomic E-state index is 0.173. The van der Waals surface area contributed by atoms with Crippen molar-refractivity contribution in [1.82, 2.24) is 0 Å². The Labute approximate surface area is 102 Å². The molecule has 0 saturated carbocycles. The molecule has 2 heteroatoms. The van der Waals surface area contributed by atoms with Crippen LogP contribution in [0.5, 0.6) is 0 Å². The number of nitriles is 1. The van der Waals surface area contributed by atoms with Gasteiger partial charge in [-0.2, -0.15) is 5.26 Å². The molecule has 1 heterocycles. The van der Waals surface area contributed by atoms with Gasteiger partial charge in [0.25, 0.3) is 0 Å². The van der Waals surface area contributed by atoms with Crippen LogP contribution in [0.1, 0.15) is 44.9 Å². The predicted molar refractivity (Wildman–Crippen MR) is 68.8 cm³/mol. The Morgan fingerprint density at radius 3 is 2.53 bits per heavy atom. The van der Waals surface area contributed by atoms with Crippen molar-refractivity contribution in [2.45, 2.75) is 33.6 Å². The van der Waals surface area contributed by atoms with E-state index in [0.29, 0.717) is 11.5 Å². The third-order valence-electron chi connectivity index (χ3n) is 3.39. The van der Waals surface area contributed by atoms with Crippen molar-refractivity contribution in [2.75, 3.05) is 0 Å². The molecule has 1 atom stereocenters. The molecular weight excluding hydrogens is 210 g/mol. The topological polar surface area (TPSA) is 36.9 Å². The maximum absolute atomic E-state index is 8.86. The Morgan fingerprint density at radius 1 is 1.24 bits per heavy atom. The van der Waals surface area contributed by atoms with Crippen LogP contribution in [-0.4, -0.2) is 0 Å². The summed E-state index contributed by atoms with van der Waals surface area (Å²) in [5.74, 6) is 1.34. The van der Waals surface area contributed by atoms with Crippen LogP contribution >= 0.6 is 0 Å². The molecule has 1 aromatic carbocycles. The SMILES string of the molecule is CC(c1cc2cc(C#N)ccc2o1)C(C)(C)C. The Hall–Kier alpha value is -1.75. The van der Waals surface area contributed by atoms with E-state index in [4.69, 9.17) is 9.68 Å². The highest BCUT2D eigenvalue weighted by atomic mass is 16.3. The zero-order valence-electron chi connectivity index (χ0n) is 10.7. The summed E-state index contributed by atoms with van der Waals surface area (Å²) in [6, 6.07) is 9.72.